The van der Waals surface area contributed by atoms with E-state index in [2.05, 4.69) is 49.4 Å². The molecule has 2 aromatic heterocycles. The molecule has 2 aromatic carbocycles. The van der Waals surface area contributed by atoms with Crippen molar-refractivity contribution in [3.05, 3.63) is 70.7 Å². The van der Waals surface area contributed by atoms with Gasteiger partial charge in [0.25, 0.3) is 0 Å². The Morgan fingerprint density at radius 1 is 1.15 bits per heavy atom. The number of hydrogen-bond acceptors (Lipinski definition) is 6. The van der Waals surface area contributed by atoms with Crippen molar-refractivity contribution in [1.29, 1.82) is 0 Å². The van der Waals surface area contributed by atoms with Gasteiger partial charge in [-0.15, -0.1) is 11.3 Å². The van der Waals surface area contributed by atoms with E-state index in [1.54, 1.807) is 17.4 Å². The maximum Gasteiger partial charge on any atom is 0.226 e. The molecule has 5 rings (SSSR count). The highest BCUT2D eigenvalue weighted by Gasteiger charge is 2.12. The van der Waals surface area contributed by atoms with Crippen LogP contribution in [0, 0.1) is 5.82 Å². The van der Waals surface area contributed by atoms with Gasteiger partial charge in [0.15, 0.2) is 0 Å². The summed E-state index contributed by atoms with van der Waals surface area (Å²) in [7, 11) is 0. The molecule has 1 fully saturated rings. The number of imidazole rings is 1. The Labute approximate surface area is 201 Å². The number of thiazole rings is 1. The first kappa shape index (κ1) is 22.6. The second-order valence-corrected chi connectivity index (χ2v) is 9.21. The first-order chi connectivity index (χ1) is 16.6. The number of H-pyrrole nitrogens is 1. The zero-order chi connectivity index (χ0) is 23.3. The molecule has 0 unspecified atom stereocenters. The van der Waals surface area contributed by atoms with Crippen molar-refractivity contribution in [2.24, 2.45) is 0 Å². The average molecular weight is 480 g/mol. The molecular weight excluding hydrogens is 453 g/mol. The van der Waals surface area contributed by atoms with Gasteiger partial charge < -0.3 is 15.0 Å². The number of fused-ring (bicyclic) bond motifs is 1. The summed E-state index contributed by atoms with van der Waals surface area (Å²) in [4.78, 5) is 26.9. The molecule has 0 radical (unpaired) electrons. The van der Waals surface area contributed by atoms with Gasteiger partial charge in [-0.1, -0.05) is 24.3 Å². The summed E-state index contributed by atoms with van der Waals surface area (Å²) in [6, 6.07) is 12.9. The molecule has 0 atom stereocenters. The molecule has 1 saturated heterocycles. The molecule has 0 saturated carbocycles. The maximum atomic E-state index is 13.3. The van der Waals surface area contributed by atoms with Crippen molar-refractivity contribution in [1.82, 2.24) is 25.2 Å². The fraction of sp³-hybridized carbons (Fsp3) is 0.320. The standard InChI is InChI=1S/C25H26FN5O2S/c26-19-5-6-21-22(13-19)30-23(29-21)7-8-27-24(32)14-20-16-34-25(28-20)18-3-1-17(2-4-18)15-31-9-11-33-12-10-31/h1-6,13,16H,7-12,14-15H2,(H,27,32)(H,29,30). The molecule has 176 valence electrons. The van der Waals surface area contributed by atoms with E-state index >= 15 is 0 Å². The topological polar surface area (TPSA) is 83.1 Å². The van der Waals surface area contributed by atoms with Gasteiger partial charge in [-0.25, -0.2) is 14.4 Å². The highest BCUT2D eigenvalue weighted by Crippen LogP contribution is 2.24. The number of morpholine rings is 1. The Hall–Kier alpha value is -3.14. The van der Waals surface area contributed by atoms with Gasteiger partial charge in [-0.3, -0.25) is 9.69 Å². The summed E-state index contributed by atoms with van der Waals surface area (Å²) >= 11 is 1.55. The number of hydrogen-bond donors (Lipinski definition) is 2. The molecule has 7 nitrogen and oxygen atoms in total. The Kier molecular flexibility index (Phi) is 6.94. The number of carbonyl (C=O) groups excluding carboxylic acids is 1. The number of halogens is 1. The smallest absolute Gasteiger partial charge is 0.226 e. The van der Waals surface area contributed by atoms with Crippen LogP contribution in [0.1, 0.15) is 17.1 Å². The molecule has 0 bridgehead atoms. The number of benzene rings is 2. The first-order valence-corrected chi connectivity index (χ1v) is 12.2. The molecule has 0 aliphatic carbocycles. The van der Waals surface area contributed by atoms with Crippen LogP contribution in [0.3, 0.4) is 0 Å². The minimum Gasteiger partial charge on any atom is -0.379 e. The minimum atomic E-state index is -0.303. The van der Waals surface area contributed by atoms with Crippen molar-refractivity contribution in [2.45, 2.75) is 19.4 Å². The molecule has 34 heavy (non-hydrogen) atoms. The molecule has 3 heterocycles. The average Bonchev–Trinajstić information content (AvgIpc) is 3.46. The molecule has 1 aliphatic rings. The largest absolute Gasteiger partial charge is 0.379 e. The number of amides is 1. The minimum absolute atomic E-state index is 0.0835. The molecule has 0 spiro atoms. The van der Waals surface area contributed by atoms with Crippen LogP contribution in [0.2, 0.25) is 0 Å². The van der Waals surface area contributed by atoms with Crippen LogP contribution in [0.4, 0.5) is 4.39 Å². The molecule has 1 amide bonds. The lowest BCUT2D eigenvalue weighted by molar-refractivity contribution is -0.120. The summed E-state index contributed by atoms with van der Waals surface area (Å²) in [6.07, 6.45) is 0.776. The lowest BCUT2D eigenvalue weighted by Gasteiger charge is -2.26. The van der Waals surface area contributed by atoms with E-state index in [4.69, 9.17) is 4.74 Å². The zero-order valence-corrected chi connectivity index (χ0v) is 19.5. The van der Waals surface area contributed by atoms with Crippen LogP contribution in [0.15, 0.2) is 47.8 Å². The molecule has 1 aliphatic heterocycles. The van der Waals surface area contributed by atoms with E-state index in [0.29, 0.717) is 29.8 Å². The van der Waals surface area contributed by atoms with Crippen molar-refractivity contribution >= 4 is 28.3 Å². The number of nitrogens with one attached hydrogen (secondary N) is 2. The second-order valence-electron chi connectivity index (χ2n) is 8.35. The van der Waals surface area contributed by atoms with E-state index in [-0.39, 0.29) is 18.1 Å². The van der Waals surface area contributed by atoms with Crippen LogP contribution >= 0.6 is 11.3 Å². The van der Waals surface area contributed by atoms with Gasteiger partial charge in [0.2, 0.25) is 5.91 Å². The Bertz CT molecular complexity index is 1260. The summed E-state index contributed by atoms with van der Waals surface area (Å²) < 4.78 is 18.7. The fourth-order valence-corrected chi connectivity index (χ4v) is 4.82. The predicted molar refractivity (Wildman–Crippen MR) is 130 cm³/mol. The molecular formula is C25H26FN5O2S. The third kappa shape index (κ3) is 5.67. The highest BCUT2D eigenvalue weighted by atomic mass is 32.1. The van der Waals surface area contributed by atoms with Crippen molar-refractivity contribution in [3.63, 3.8) is 0 Å². The van der Waals surface area contributed by atoms with Gasteiger partial charge in [-0.05, 0) is 23.8 Å². The van der Waals surface area contributed by atoms with Gasteiger partial charge in [-0.2, -0.15) is 0 Å². The lowest BCUT2D eigenvalue weighted by atomic mass is 10.1. The van der Waals surface area contributed by atoms with E-state index in [9.17, 15) is 9.18 Å². The van der Waals surface area contributed by atoms with E-state index < -0.39 is 0 Å². The van der Waals surface area contributed by atoms with Crippen molar-refractivity contribution < 1.29 is 13.9 Å². The summed E-state index contributed by atoms with van der Waals surface area (Å²) in [5, 5.41) is 5.76. The van der Waals surface area contributed by atoms with Crippen LogP contribution in [0.5, 0.6) is 0 Å². The number of ether oxygens (including phenoxy) is 1. The number of aromatic amines is 1. The maximum absolute atomic E-state index is 13.3. The third-order valence-electron chi connectivity index (χ3n) is 5.78. The Morgan fingerprint density at radius 2 is 1.97 bits per heavy atom. The van der Waals surface area contributed by atoms with Crippen molar-refractivity contribution in [2.75, 3.05) is 32.8 Å². The first-order valence-electron chi connectivity index (χ1n) is 11.4. The van der Waals surface area contributed by atoms with Crippen LogP contribution in [0.25, 0.3) is 21.6 Å². The molecule has 9 heteroatoms. The normalized spacial score (nSPS) is 14.5. The van der Waals surface area contributed by atoms with Gasteiger partial charge in [0.1, 0.15) is 16.6 Å². The van der Waals surface area contributed by atoms with Gasteiger partial charge in [0, 0.05) is 43.5 Å². The monoisotopic (exact) mass is 479 g/mol. The van der Waals surface area contributed by atoms with Crippen LogP contribution < -0.4 is 5.32 Å². The SMILES string of the molecule is O=C(Cc1csc(-c2ccc(CN3CCOCC3)cc2)n1)NCCc1nc2ccc(F)cc2[nH]1. The zero-order valence-electron chi connectivity index (χ0n) is 18.7. The summed E-state index contributed by atoms with van der Waals surface area (Å²) in [5.41, 5.74) is 4.46. The lowest BCUT2D eigenvalue weighted by Crippen LogP contribution is -2.35. The fourth-order valence-electron chi connectivity index (χ4n) is 3.99. The Morgan fingerprint density at radius 3 is 2.79 bits per heavy atom. The van der Waals surface area contributed by atoms with E-state index in [1.165, 1.54) is 17.7 Å². The number of rotatable bonds is 8. The van der Waals surface area contributed by atoms with Gasteiger partial charge in [0.05, 0.1) is 36.4 Å². The number of nitrogens with zero attached hydrogens (tertiary/aromatic N) is 3. The summed E-state index contributed by atoms with van der Waals surface area (Å²) in [5.74, 6) is 0.330. The van der Waals surface area contributed by atoms with Crippen LogP contribution in [-0.2, 0) is 28.9 Å². The third-order valence-corrected chi connectivity index (χ3v) is 6.72. The predicted octanol–water partition coefficient (Wildman–Crippen LogP) is 3.56. The number of aromatic nitrogens is 3. The Balaban J connectivity index is 1.10. The van der Waals surface area contributed by atoms with E-state index in [1.807, 2.05) is 5.38 Å². The number of carbonyl (C=O) groups is 1. The summed E-state index contributed by atoms with van der Waals surface area (Å²) in [6.45, 7) is 4.92. The highest BCUT2D eigenvalue weighted by molar-refractivity contribution is 7.13. The van der Waals surface area contributed by atoms with E-state index in [0.717, 1.165) is 49.1 Å². The molecule has 4 aromatic rings. The quantitative estimate of drug-likeness (QED) is 0.404. The molecule has 2 N–H and O–H groups in total. The van der Waals surface area contributed by atoms with Crippen molar-refractivity contribution in [3.8, 4) is 10.6 Å². The van der Waals surface area contributed by atoms with Gasteiger partial charge >= 0.3 is 0 Å². The second kappa shape index (κ2) is 10.4. The van der Waals surface area contributed by atoms with Crippen LogP contribution in [-0.4, -0.2) is 58.6 Å².